The number of allylic oxidation sites excluding steroid dienone is 1. The van der Waals surface area contributed by atoms with Crippen LogP contribution in [0.25, 0.3) is 0 Å². The van der Waals surface area contributed by atoms with Gasteiger partial charge in [-0.3, -0.25) is 4.79 Å². The molecule has 0 saturated carbocycles. The zero-order chi connectivity index (χ0) is 21.8. The van der Waals surface area contributed by atoms with Crippen LogP contribution in [0.1, 0.15) is 37.7 Å². The van der Waals surface area contributed by atoms with Crippen molar-refractivity contribution in [3.63, 3.8) is 0 Å². The molecule has 2 aromatic rings. The molecule has 4 rings (SSSR count). The Morgan fingerprint density at radius 1 is 1.16 bits per heavy atom. The van der Waals surface area contributed by atoms with Gasteiger partial charge < -0.3 is 10.2 Å². The Morgan fingerprint density at radius 3 is 2.71 bits per heavy atom. The molecule has 2 aliphatic rings. The molecule has 1 aliphatic carbocycles. The number of aryl methyl sites for hydroxylation is 1. The normalized spacial score (nSPS) is 18.2. The first-order valence-corrected chi connectivity index (χ1v) is 12.1. The van der Waals surface area contributed by atoms with Crippen LogP contribution >= 0.6 is 0 Å². The molecule has 1 aliphatic heterocycles. The smallest absolute Gasteiger partial charge is 0.248 e. The van der Waals surface area contributed by atoms with Crippen molar-refractivity contribution < 1.29 is 13.2 Å². The molecule has 0 bridgehead atoms. The van der Waals surface area contributed by atoms with E-state index < -0.39 is 10.0 Å². The van der Waals surface area contributed by atoms with E-state index in [2.05, 4.69) is 16.4 Å². The lowest BCUT2D eigenvalue weighted by molar-refractivity contribution is -0.121. The lowest BCUT2D eigenvalue weighted by Gasteiger charge is -2.36. The minimum Gasteiger partial charge on any atom is -0.355 e. The molecule has 0 radical (unpaired) electrons. The van der Waals surface area contributed by atoms with Gasteiger partial charge in [0.15, 0.2) is 5.82 Å². The second-order valence-corrected chi connectivity index (χ2v) is 9.96. The first-order valence-electron chi connectivity index (χ1n) is 10.7. The van der Waals surface area contributed by atoms with Crippen molar-refractivity contribution in [1.82, 2.24) is 14.6 Å². The molecule has 0 saturated heterocycles. The van der Waals surface area contributed by atoms with Gasteiger partial charge in [0, 0.05) is 18.4 Å². The number of hydrogen-bond acceptors (Lipinski definition) is 5. The van der Waals surface area contributed by atoms with Crippen LogP contribution in [-0.2, 0) is 14.8 Å². The molecule has 8 heteroatoms. The van der Waals surface area contributed by atoms with E-state index in [1.807, 2.05) is 36.1 Å². The Hall–Kier alpha value is -2.71. The van der Waals surface area contributed by atoms with E-state index in [-0.39, 0.29) is 24.0 Å². The highest BCUT2D eigenvalue weighted by Crippen LogP contribution is 2.35. The van der Waals surface area contributed by atoms with E-state index in [1.54, 1.807) is 18.3 Å². The van der Waals surface area contributed by atoms with Crippen molar-refractivity contribution in [2.75, 3.05) is 24.7 Å². The lowest BCUT2D eigenvalue weighted by atomic mass is 9.97. The van der Waals surface area contributed by atoms with Crippen LogP contribution in [-0.4, -0.2) is 43.4 Å². The van der Waals surface area contributed by atoms with Crippen molar-refractivity contribution in [2.24, 2.45) is 0 Å². The number of aromatic nitrogens is 1. The van der Waals surface area contributed by atoms with Crippen molar-refractivity contribution in [2.45, 2.75) is 43.9 Å². The van der Waals surface area contributed by atoms with Gasteiger partial charge in [0.2, 0.25) is 15.9 Å². The van der Waals surface area contributed by atoms with Gasteiger partial charge in [0.1, 0.15) is 4.90 Å². The molecule has 2 heterocycles. The Labute approximate surface area is 183 Å². The highest BCUT2D eigenvalue weighted by molar-refractivity contribution is 7.89. The zero-order valence-electron chi connectivity index (χ0n) is 17.8. The third kappa shape index (κ3) is 4.80. The average Bonchev–Trinajstić information content (AvgIpc) is 2.77. The van der Waals surface area contributed by atoms with Crippen molar-refractivity contribution in [1.29, 1.82) is 0 Å². The maximum Gasteiger partial charge on any atom is 0.248 e. The fourth-order valence-corrected chi connectivity index (χ4v) is 5.48. The van der Waals surface area contributed by atoms with Crippen molar-refractivity contribution in [3.8, 4) is 0 Å². The number of sulfonamides is 1. The first-order chi connectivity index (χ1) is 14.9. The Bertz CT molecular complexity index is 1080. The third-order valence-electron chi connectivity index (χ3n) is 5.74. The minimum atomic E-state index is -3.82. The number of anilines is 2. The van der Waals surface area contributed by atoms with E-state index in [0.29, 0.717) is 12.4 Å². The average molecular weight is 441 g/mol. The highest BCUT2D eigenvalue weighted by Gasteiger charge is 2.37. The number of amides is 1. The van der Waals surface area contributed by atoms with Gasteiger partial charge in [-0.15, -0.1) is 0 Å². The fourth-order valence-electron chi connectivity index (χ4n) is 4.00. The molecule has 0 spiro atoms. The molecule has 0 unspecified atom stereocenters. The van der Waals surface area contributed by atoms with Crippen LogP contribution < -0.4 is 10.2 Å². The van der Waals surface area contributed by atoms with Gasteiger partial charge in [-0.05, 0) is 63.3 Å². The number of rotatable bonds is 6. The second-order valence-electron chi connectivity index (χ2n) is 8.05. The Balaban J connectivity index is 1.50. The molecular formula is C23H28N4O3S. The van der Waals surface area contributed by atoms with Gasteiger partial charge in [-0.1, -0.05) is 29.3 Å². The summed E-state index contributed by atoms with van der Waals surface area (Å²) in [4.78, 5) is 18.8. The first kappa shape index (κ1) is 21.5. The van der Waals surface area contributed by atoms with Gasteiger partial charge in [0.05, 0.1) is 13.2 Å². The predicted molar refractivity (Wildman–Crippen MR) is 120 cm³/mol. The summed E-state index contributed by atoms with van der Waals surface area (Å²) in [6.07, 6.45) is 9.29. The number of nitrogens with zero attached hydrogens (tertiary/aromatic N) is 3. The zero-order valence-corrected chi connectivity index (χ0v) is 18.6. The maximum absolute atomic E-state index is 13.2. The summed E-state index contributed by atoms with van der Waals surface area (Å²) in [7, 11) is -3.82. The van der Waals surface area contributed by atoms with E-state index in [0.717, 1.165) is 30.5 Å². The number of carbonyl (C=O) groups excluding carboxylic acids is 1. The van der Waals surface area contributed by atoms with E-state index in [4.69, 9.17) is 0 Å². The summed E-state index contributed by atoms with van der Waals surface area (Å²) < 4.78 is 27.5. The van der Waals surface area contributed by atoms with Crippen LogP contribution in [0, 0.1) is 6.92 Å². The number of carbonyl (C=O) groups is 1. The van der Waals surface area contributed by atoms with Crippen molar-refractivity contribution >= 4 is 27.4 Å². The summed E-state index contributed by atoms with van der Waals surface area (Å²) in [6.45, 7) is 2.33. The Morgan fingerprint density at radius 2 is 1.97 bits per heavy atom. The fraction of sp³-hybridized carbons (Fsp3) is 0.391. The summed E-state index contributed by atoms with van der Waals surface area (Å²) in [5, 5.41) is 2.88. The maximum atomic E-state index is 13.2. The van der Waals surface area contributed by atoms with Crippen LogP contribution in [0.4, 0.5) is 11.5 Å². The summed E-state index contributed by atoms with van der Waals surface area (Å²) >= 11 is 0. The molecule has 1 aromatic carbocycles. The standard InChI is InChI=1S/C23H28N4O3S/c1-18-9-11-20(12-10-18)27-17-26(31(29,30)21-8-5-14-25-23(21)27)16-22(28)24-15-13-19-6-3-2-4-7-19/h5-6,8-12,14H,2-4,7,13,15-17H2,1H3,(H,24,28). The molecule has 1 amide bonds. The minimum absolute atomic E-state index is 0.0357. The number of nitrogens with one attached hydrogen (secondary N) is 1. The van der Waals surface area contributed by atoms with Gasteiger partial charge in [0.25, 0.3) is 0 Å². The number of pyridine rings is 1. The monoisotopic (exact) mass is 440 g/mol. The van der Waals surface area contributed by atoms with E-state index in [1.165, 1.54) is 22.7 Å². The van der Waals surface area contributed by atoms with Gasteiger partial charge >= 0.3 is 0 Å². The molecule has 7 nitrogen and oxygen atoms in total. The Kier molecular flexibility index (Phi) is 6.38. The van der Waals surface area contributed by atoms with Crippen LogP contribution in [0.5, 0.6) is 0 Å². The quantitative estimate of drug-likeness (QED) is 0.695. The summed E-state index contributed by atoms with van der Waals surface area (Å²) in [5.41, 5.74) is 3.32. The summed E-state index contributed by atoms with van der Waals surface area (Å²) in [6, 6.07) is 10.9. The molecule has 164 valence electrons. The molecule has 31 heavy (non-hydrogen) atoms. The third-order valence-corrected chi connectivity index (χ3v) is 7.54. The molecular weight excluding hydrogens is 412 g/mol. The number of fused-ring (bicyclic) bond motifs is 1. The second kappa shape index (κ2) is 9.20. The SMILES string of the molecule is Cc1ccc(N2CN(CC(=O)NCCC3=CCCCC3)S(=O)(=O)c3cccnc32)cc1. The highest BCUT2D eigenvalue weighted by atomic mass is 32.2. The molecule has 0 atom stereocenters. The van der Waals surface area contributed by atoms with E-state index >= 15 is 0 Å². The van der Waals surface area contributed by atoms with Crippen LogP contribution in [0.2, 0.25) is 0 Å². The van der Waals surface area contributed by atoms with Crippen LogP contribution in [0.3, 0.4) is 0 Å². The lowest BCUT2D eigenvalue weighted by Crippen LogP contribution is -2.49. The van der Waals surface area contributed by atoms with E-state index in [9.17, 15) is 13.2 Å². The van der Waals surface area contributed by atoms with Gasteiger partial charge in [-0.25, -0.2) is 13.4 Å². The molecule has 0 fully saturated rings. The summed E-state index contributed by atoms with van der Waals surface area (Å²) in [5.74, 6) is 0.0865. The predicted octanol–water partition coefficient (Wildman–Crippen LogP) is 3.50. The van der Waals surface area contributed by atoms with Crippen LogP contribution in [0.15, 0.2) is 59.1 Å². The topological polar surface area (TPSA) is 82.6 Å². The van der Waals surface area contributed by atoms with Crippen molar-refractivity contribution in [3.05, 3.63) is 59.8 Å². The van der Waals surface area contributed by atoms with Gasteiger partial charge in [-0.2, -0.15) is 4.31 Å². The number of benzene rings is 1. The number of hydrogen-bond donors (Lipinski definition) is 1. The largest absolute Gasteiger partial charge is 0.355 e. The molecule has 1 N–H and O–H groups in total. The molecule has 1 aromatic heterocycles.